The van der Waals surface area contributed by atoms with Gasteiger partial charge in [0, 0.05) is 39.3 Å². The molecule has 0 radical (unpaired) electrons. The quantitative estimate of drug-likeness (QED) is 0.806. The van der Waals surface area contributed by atoms with Crippen molar-refractivity contribution in [2.24, 2.45) is 5.92 Å². The zero-order chi connectivity index (χ0) is 19.1. The second-order valence-electron chi connectivity index (χ2n) is 7.66. The first-order valence-corrected chi connectivity index (χ1v) is 11.7. The topological polar surface area (TPSA) is 69.7 Å². The number of nitrogens with one attached hydrogen (secondary N) is 1. The number of hydrogen-bond donors (Lipinski definition) is 1. The standard InChI is InChI=1S/C20H31N3O3S/c24-20(21-11-16-27(25,26)19-9-5-2-6-10-19)23-14-12-22(13-15-23)17-18-7-3-1-4-8-18/h2,5-6,9-10,18H,1,3-4,7-8,11-17H2,(H,21,24). The number of carbonyl (C=O) groups is 1. The fourth-order valence-corrected chi connectivity index (χ4v) is 5.20. The van der Waals surface area contributed by atoms with E-state index in [-0.39, 0.29) is 18.3 Å². The van der Waals surface area contributed by atoms with E-state index in [0.717, 1.165) is 25.6 Å². The molecule has 1 aromatic carbocycles. The van der Waals surface area contributed by atoms with Crippen LogP contribution in [0.3, 0.4) is 0 Å². The molecule has 0 spiro atoms. The van der Waals surface area contributed by atoms with Crippen LogP contribution in [-0.2, 0) is 9.84 Å². The molecule has 6 nitrogen and oxygen atoms in total. The summed E-state index contributed by atoms with van der Waals surface area (Å²) in [6.45, 7) is 4.54. The van der Waals surface area contributed by atoms with Gasteiger partial charge in [-0.2, -0.15) is 0 Å². The maximum atomic E-state index is 12.3. The summed E-state index contributed by atoms with van der Waals surface area (Å²) in [6.07, 6.45) is 6.79. The molecule has 1 heterocycles. The van der Waals surface area contributed by atoms with Crippen molar-refractivity contribution in [1.82, 2.24) is 15.1 Å². The monoisotopic (exact) mass is 393 g/mol. The van der Waals surface area contributed by atoms with Crippen LogP contribution in [0.25, 0.3) is 0 Å². The zero-order valence-corrected chi connectivity index (χ0v) is 16.8. The van der Waals surface area contributed by atoms with Crippen LogP contribution in [0.2, 0.25) is 0 Å². The molecule has 1 aliphatic carbocycles. The SMILES string of the molecule is O=C(NCCS(=O)(=O)c1ccccc1)N1CCN(CC2CCCCC2)CC1. The Morgan fingerprint density at radius 2 is 1.67 bits per heavy atom. The van der Waals surface area contributed by atoms with Crippen LogP contribution < -0.4 is 5.32 Å². The largest absolute Gasteiger partial charge is 0.337 e. The lowest BCUT2D eigenvalue weighted by Crippen LogP contribution is -2.53. The molecule has 1 aromatic rings. The summed E-state index contributed by atoms with van der Waals surface area (Å²) in [7, 11) is -3.35. The minimum absolute atomic E-state index is 0.0790. The van der Waals surface area contributed by atoms with Gasteiger partial charge in [-0.3, -0.25) is 4.90 Å². The van der Waals surface area contributed by atoms with E-state index in [1.54, 1.807) is 35.2 Å². The molecule has 2 amide bonds. The Labute approximate surface area is 162 Å². The molecule has 0 unspecified atom stereocenters. The van der Waals surface area contributed by atoms with Gasteiger partial charge in [-0.1, -0.05) is 37.5 Å². The molecule has 1 saturated carbocycles. The van der Waals surface area contributed by atoms with E-state index in [4.69, 9.17) is 0 Å². The number of sulfone groups is 1. The summed E-state index contributed by atoms with van der Waals surface area (Å²) in [4.78, 5) is 16.9. The van der Waals surface area contributed by atoms with Crippen LogP contribution in [0.15, 0.2) is 35.2 Å². The molecule has 0 atom stereocenters. The van der Waals surface area contributed by atoms with E-state index < -0.39 is 9.84 Å². The van der Waals surface area contributed by atoms with Crippen molar-refractivity contribution in [1.29, 1.82) is 0 Å². The Hall–Kier alpha value is -1.60. The average molecular weight is 394 g/mol. The molecule has 150 valence electrons. The predicted molar refractivity (Wildman–Crippen MR) is 106 cm³/mol. The van der Waals surface area contributed by atoms with Gasteiger partial charge in [0.05, 0.1) is 10.6 Å². The van der Waals surface area contributed by atoms with E-state index in [1.165, 1.54) is 32.1 Å². The highest BCUT2D eigenvalue weighted by atomic mass is 32.2. The number of nitrogens with zero attached hydrogens (tertiary/aromatic N) is 2. The number of carbonyl (C=O) groups excluding carboxylic acids is 1. The molecule has 1 saturated heterocycles. The molecule has 0 bridgehead atoms. The Morgan fingerprint density at radius 3 is 2.33 bits per heavy atom. The van der Waals surface area contributed by atoms with Gasteiger partial charge in [-0.25, -0.2) is 13.2 Å². The Morgan fingerprint density at radius 1 is 1.00 bits per heavy atom. The van der Waals surface area contributed by atoms with Gasteiger partial charge in [-0.15, -0.1) is 0 Å². The zero-order valence-electron chi connectivity index (χ0n) is 16.0. The number of hydrogen-bond acceptors (Lipinski definition) is 4. The predicted octanol–water partition coefficient (Wildman–Crippen LogP) is 2.37. The third-order valence-corrected chi connectivity index (χ3v) is 7.38. The van der Waals surface area contributed by atoms with Gasteiger partial charge in [0.1, 0.15) is 0 Å². The van der Waals surface area contributed by atoms with Crippen molar-refractivity contribution in [2.45, 2.75) is 37.0 Å². The van der Waals surface area contributed by atoms with Crippen molar-refractivity contribution in [3.63, 3.8) is 0 Å². The molecule has 2 aliphatic rings. The van der Waals surface area contributed by atoms with Crippen molar-refractivity contribution in [3.8, 4) is 0 Å². The van der Waals surface area contributed by atoms with Gasteiger partial charge in [0.25, 0.3) is 0 Å². The smallest absolute Gasteiger partial charge is 0.317 e. The summed E-state index contributed by atoms with van der Waals surface area (Å²) >= 11 is 0. The molecule has 2 fully saturated rings. The summed E-state index contributed by atoms with van der Waals surface area (Å²) in [5.74, 6) is 0.743. The van der Waals surface area contributed by atoms with Crippen LogP contribution in [0, 0.1) is 5.92 Å². The summed E-state index contributed by atoms with van der Waals surface area (Å²) in [5.41, 5.74) is 0. The first-order valence-electron chi connectivity index (χ1n) is 10.1. The van der Waals surface area contributed by atoms with Gasteiger partial charge >= 0.3 is 6.03 Å². The minimum Gasteiger partial charge on any atom is -0.337 e. The normalized spacial score (nSPS) is 19.8. The van der Waals surface area contributed by atoms with Gasteiger partial charge in [0.15, 0.2) is 9.84 Å². The average Bonchev–Trinajstić information content (AvgIpc) is 2.70. The molecule has 3 rings (SSSR count). The van der Waals surface area contributed by atoms with Crippen molar-refractivity contribution >= 4 is 15.9 Å². The number of rotatable bonds is 6. The fraction of sp³-hybridized carbons (Fsp3) is 0.650. The van der Waals surface area contributed by atoms with Gasteiger partial charge in [0.2, 0.25) is 0 Å². The first-order chi connectivity index (χ1) is 13.0. The maximum Gasteiger partial charge on any atom is 0.317 e. The molecular weight excluding hydrogens is 362 g/mol. The summed E-state index contributed by atoms with van der Waals surface area (Å²) in [6, 6.07) is 8.21. The number of amides is 2. The highest BCUT2D eigenvalue weighted by Gasteiger charge is 2.24. The lowest BCUT2D eigenvalue weighted by atomic mass is 9.89. The van der Waals surface area contributed by atoms with E-state index in [9.17, 15) is 13.2 Å². The number of piperazine rings is 1. The van der Waals surface area contributed by atoms with Crippen molar-refractivity contribution in [2.75, 3.05) is 45.0 Å². The third kappa shape index (κ3) is 5.94. The molecular formula is C20H31N3O3S. The second-order valence-corrected chi connectivity index (χ2v) is 9.76. The van der Waals surface area contributed by atoms with Crippen LogP contribution >= 0.6 is 0 Å². The third-order valence-electron chi connectivity index (χ3n) is 5.65. The highest BCUT2D eigenvalue weighted by Crippen LogP contribution is 2.24. The lowest BCUT2D eigenvalue weighted by Gasteiger charge is -2.37. The molecule has 1 aliphatic heterocycles. The first kappa shape index (κ1) is 20.1. The van der Waals surface area contributed by atoms with Crippen molar-refractivity contribution in [3.05, 3.63) is 30.3 Å². The molecule has 1 N–H and O–H groups in total. The van der Waals surface area contributed by atoms with Gasteiger partial charge < -0.3 is 10.2 Å². The highest BCUT2D eigenvalue weighted by molar-refractivity contribution is 7.91. The molecule has 0 aromatic heterocycles. The Bertz CT molecular complexity index is 694. The lowest BCUT2D eigenvalue weighted by molar-refractivity contribution is 0.120. The van der Waals surface area contributed by atoms with E-state index in [2.05, 4.69) is 10.2 Å². The van der Waals surface area contributed by atoms with Crippen LogP contribution in [0.5, 0.6) is 0 Å². The van der Waals surface area contributed by atoms with E-state index in [0.29, 0.717) is 18.0 Å². The Kier molecular flexibility index (Phi) is 7.13. The Balaban J connectivity index is 1.37. The maximum absolute atomic E-state index is 12.3. The minimum atomic E-state index is -3.35. The molecule has 27 heavy (non-hydrogen) atoms. The fourth-order valence-electron chi connectivity index (χ4n) is 4.02. The van der Waals surface area contributed by atoms with E-state index >= 15 is 0 Å². The van der Waals surface area contributed by atoms with Gasteiger partial charge in [-0.05, 0) is 30.9 Å². The van der Waals surface area contributed by atoms with Crippen LogP contribution in [0.1, 0.15) is 32.1 Å². The number of urea groups is 1. The second kappa shape index (κ2) is 9.55. The summed E-state index contributed by atoms with van der Waals surface area (Å²) < 4.78 is 24.5. The summed E-state index contributed by atoms with van der Waals surface area (Å²) in [5, 5.41) is 2.76. The van der Waals surface area contributed by atoms with E-state index in [1.807, 2.05) is 0 Å². The molecule has 7 heteroatoms. The van der Waals surface area contributed by atoms with Crippen molar-refractivity contribution < 1.29 is 13.2 Å². The number of benzene rings is 1. The van der Waals surface area contributed by atoms with Crippen LogP contribution in [0.4, 0.5) is 4.79 Å². The van der Waals surface area contributed by atoms with Crippen LogP contribution in [-0.4, -0.2) is 69.3 Å².